The molecular formula is C16H17N5O7S2. The highest BCUT2D eigenvalue weighted by molar-refractivity contribution is 8.00. The van der Waals surface area contributed by atoms with Crippen molar-refractivity contribution in [3.8, 4) is 0 Å². The number of Topliss-reactive ketones (excluding diaryl/α,β-unsaturated/α-hetero) is 1. The van der Waals surface area contributed by atoms with E-state index >= 15 is 0 Å². The summed E-state index contributed by atoms with van der Waals surface area (Å²) in [4.78, 5) is 69.1. The van der Waals surface area contributed by atoms with E-state index in [2.05, 4.69) is 20.8 Å². The molecule has 1 aromatic rings. The number of oxime groups is 1. The van der Waals surface area contributed by atoms with Crippen LogP contribution < -0.4 is 10.6 Å². The van der Waals surface area contributed by atoms with Gasteiger partial charge < -0.3 is 25.5 Å². The zero-order valence-electron chi connectivity index (χ0n) is 15.6. The zero-order chi connectivity index (χ0) is 21.8. The molecular weight excluding hydrogens is 438 g/mol. The molecule has 2 aliphatic rings. The fourth-order valence-electron chi connectivity index (χ4n) is 2.84. The van der Waals surface area contributed by atoms with Crippen molar-refractivity contribution in [2.24, 2.45) is 5.16 Å². The number of anilines is 1. The van der Waals surface area contributed by atoms with Gasteiger partial charge in [-0.1, -0.05) is 12.1 Å². The normalized spacial score (nSPS) is 23.3. The van der Waals surface area contributed by atoms with Crippen LogP contribution in [-0.2, 0) is 28.8 Å². The lowest BCUT2D eigenvalue weighted by molar-refractivity contribution is -0.165. The third-order valence-corrected chi connectivity index (χ3v) is 6.24. The van der Waals surface area contributed by atoms with Crippen LogP contribution in [0.1, 0.15) is 19.0 Å². The van der Waals surface area contributed by atoms with E-state index in [0.717, 1.165) is 28.0 Å². The summed E-state index contributed by atoms with van der Waals surface area (Å²) in [5.41, 5.74) is -0.0620. The van der Waals surface area contributed by atoms with Crippen molar-refractivity contribution in [1.82, 2.24) is 15.2 Å². The summed E-state index contributed by atoms with van der Waals surface area (Å²) in [6, 6.07) is -2.56. The number of fused-ring (bicyclic) bond motifs is 1. The van der Waals surface area contributed by atoms with Gasteiger partial charge >= 0.3 is 5.97 Å². The van der Waals surface area contributed by atoms with E-state index in [1.807, 2.05) is 6.92 Å². The van der Waals surface area contributed by atoms with Crippen molar-refractivity contribution < 1.29 is 33.9 Å². The lowest BCUT2D eigenvalue weighted by Crippen LogP contribution is -2.76. The molecule has 0 bridgehead atoms. The number of carbonyl (C=O) groups excluding carboxylic acids is 4. The number of aromatic nitrogens is 1. The Bertz CT molecular complexity index is 918. The maximum atomic E-state index is 12.8. The first-order chi connectivity index (χ1) is 14.4. The maximum absolute atomic E-state index is 12.8. The molecule has 160 valence electrons. The second kappa shape index (κ2) is 9.21. The van der Waals surface area contributed by atoms with Gasteiger partial charge in [0.25, 0.3) is 5.91 Å². The number of carboxylic acids is 1. The minimum absolute atomic E-state index is 0.0782. The van der Waals surface area contributed by atoms with E-state index in [-0.39, 0.29) is 28.9 Å². The molecule has 3 atom stereocenters. The van der Waals surface area contributed by atoms with Gasteiger partial charge in [-0.25, -0.2) is 9.78 Å². The molecule has 0 aromatic carbocycles. The van der Waals surface area contributed by atoms with Crippen molar-refractivity contribution in [2.45, 2.75) is 30.8 Å². The van der Waals surface area contributed by atoms with Gasteiger partial charge in [0.1, 0.15) is 23.7 Å². The molecule has 30 heavy (non-hydrogen) atoms. The highest BCUT2D eigenvalue weighted by Crippen LogP contribution is 2.36. The van der Waals surface area contributed by atoms with Crippen molar-refractivity contribution >= 4 is 63.9 Å². The summed E-state index contributed by atoms with van der Waals surface area (Å²) in [7, 11) is 0. The molecule has 14 heteroatoms. The smallest absolute Gasteiger partial charge is 0.334 e. The summed E-state index contributed by atoms with van der Waals surface area (Å²) in [5, 5.41) is 19.0. The van der Waals surface area contributed by atoms with Crippen LogP contribution in [0.25, 0.3) is 0 Å². The molecule has 0 radical (unpaired) electrons. The van der Waals surface area contributed by atoms with Crippen LogP contribution in [0.4, 0.5) is 5.13 Å². The van der Waals surface area contributed by atoms with Gasteiger partial charge in [-0.15, -0.1) is 23.1 Å². The van der Waals surface area contributed by atoms with Crippen molar-refractivity contribution in [1.29, 1.82) is 0 Å². The van der Waals surface area contributed by atoms with Gasteiger partial charge in [-0.05, 0) is 6.42 Å². The summed E-state index contributed by atoms with van der Waals surface area (Å²) in [5.74, 6) is -3.48. The number of hydrogen-bond acceptors (Lipinski definition) is 10. The van der Waals surface area contributed by atoms with Crippen LogP contribution >= 0.6 is 23.1 Å². The standard InChI is InChI=1S/C16H17N5O7S2/c1-2-3-28-20-9(7-4-30-16(18-7)17-6-22)12(24)19-10-13(25)21-11(15(26)27)8(23)5-29-14(10)21/h4,6,10-11,14H,2-3,5H2,1H3,(H,19,24)(H,26,27)(H,17,18,22)/t10?,11?,14-/m0/s1. The topological polar surface area (TPSA) is 167 Å². The molecule has 3 amide bonds. The van der Waals surface area contributed by atoms with Gasteiger partial charge in [0, 0.05) is 5.38 Å². The first-order valence-electron chi connectivity index (χ1n) is 8.75. The fourth-order valence-corrected chi connectivity index (χ4v) is 4.75. The molecule has 2 fully saturated rings. The lowest BCUT2D eigenvalue weighted by atomic mass is 10.00. The molecule has 3 N–H and O–H groups in total. The van der Waals surface area contributed by atoms with Crippen molar-refractivity contribution in [3.05, 3.63) is 11.1 Å². The number of β-lactam (4-membered cyclic amide) rings is 1. The number of thiazole rings is 1. The molecule has 3 heterocycles. The number of nitrogens with zero attached hydrogens (tertiary/aromatic N) is 3. The third-order valence-electron chi connectivity index (χ3n) is 4.18. The Labute approximate surface area is 178 Å². The molecule has 12 nitrogen and oxygen atoms in total. The van der Waals surface area contributed by atoms with Crippen molar-refractivity contribution in [3.63, 3.8) is 0 Å². The molecule has 0 aliphatic carbocycles. The minimum atomic E-state index is -1.55. The predicted molar refractivity (Wildman–Crippen MR) is 106 cm³/mol. The quantitative estimate of drug-likeness (QED) is 0.108. The highest BCUT2D eigenvalue weighted by atomic mass is 32.2. The van der Waals surface area contributed by atoms with Crippen LogP contribution in [0.5, 0.6) is 0 Å². The molecule has 2 aliphatic heterocycles. The number of thioether (sulfide) groups is 1. The summed E-state index contributed by atoms with van der Waals surface area (Å²) >= 11 is 2.15. The van der Waals surface area contributed by atoms with E-state index in [9.17, 15) is 29.1 Å². The Morgan fingerprint density at radius 3 is 2.90 bits per heavy atom. The summed E-state index contributed by atoms with van der Waals surface area (Å²) in [6.45, 7) is 2.10. The molecule has 2 saturated heterocycles. The number of amides is 3. The average Bonchev–Trinajstić information content (AvgIpc) is 3.17. The Kier molecular flexibility index (Phi) is 6.66. The second-order valence-corrected chi connectivity index (χ2v) is 8.14. The van der Waals surface area contributed by atoms with Gasteiger partial charge in [-0.3, -0.25) is 19.2 Å². The van der Waals surface area contributed by atoms with E-state index in [1.54, 1.807) is 0 Å². The fraction of sp³-hybridized carbons (Fsp3) is 0.438. The van der Waals surface area contributed by atoms with Gasteiger partial charge in [0.15, 0.2) is 22.7 Å². The Hall–Kier alpha value is -3.00. The van der Waals surface area contributed by atoms with Crippen LogP contribution in [-0.4, -0.2) is 80.5 Å². The molecule has 2 unspecified atom stereocenters. The van der Waals surface area contributed by atoms with E-state index in [0.29, 0.717) is 12.8 Å². The van der Waals surface area contributed by atoms with E-state index in [1.165, 1.54) is 5.38 Å². The van der Waals surface area contributed by atoms with Crippen molar-refractivity contribution in [2.75, 3.05) is 17.7 Å². The summed E-state index contributed by atoms with van der Waals surface area (Å²) < 4.78 is 0. The van der Waals surface area contributed by atoms with Gasteiger partial charge in [0.05, 0.1) is 5.75 Å². The number of aliphatic carboxylic acids is 1. The minimum Gasteiger partial charge on any atom is -0.479 e. The number of hydrogen-bond donors (Lipinski definition) is 3. The predicted octanol–water partition coefficient (Wildman–Crippen LogP) is -0.736. The molecule has 1 aromatic heterocycles. The van der Waals surface area contributed by atoms with E-state index < -0.39 is 41.0 Å². The lowest BCUT2D eigenvalue weighted by Gasteiger charge is -2.50. The van der Waals surface area contributed by atoms with Gasteiger partial charge in [0.2, 0.25) is 12.3 Å². The second-order valence-electron chi connectivity index (χ2n) is 6.18. The molecule has 3 rings (SSSR count). The Morgan fingerprint density at radius 2 is 2.23 bits per heavy atom. The SMILES string of the molecule is CCCON=C(C(=O)NC1C(=O)N2C(C(=O)O)C(=O)CS[C@@H]12)c1csc(NC=O)n1. The van der Waals surface area contributed by atoms with Gasteiger partial charge in [-0.2, -0.15) is 0 Å². The first-order valence-corrected chi connectivity index (χ1v) is 10.7. The highest BCUT2D eigenvalue weighted by Gasteiger charge is 2.58. The first kappa shape index (κ1) is 21.7. The molecule has 0 spiro atoms. The Morgan fingerprint density at radius 1 is 1.47 bits per heavy atom. The van der Waals surface area contributed by atoms with Crippen LogP contribution in [0.15, 0.2) is 10.5 Å². The van der Waals surface area contributed by atoms with Crippen LogP contribution in [0.3, 0.4) is 0 Å². The number of ketones is 1. The zero-order valence-corrected chi connectivity index (χ0v) is 17.2. The number of carboxylic acid groups (broad SMARTS) is 1. The molecule has 0 saturated carbocycles. The third kappa shape index (κ3) is 4.14. The number of rotatable bonds is 9. The average molecular weight is 455 g/mol. The van der Waals surface area contributed by atoms with E-state index in [4.69, 9.17) is 4.84 Å². The largest absolute Gasteiger partial charge is 0.479 e. The maximum Gasteiger partial charge on any atom is 0.334 e. The Balaban J connectivity index is 1.76. The van der Waals surface area contributed by atoms with Crippen LogP contribution in [0, 0.1) is 0 Å². The summed E-state index contributed by atoms with van der Waals surface area (Å²) in [6.07, 6.45) is 1.09. The number of nitrogens with one attached hydrogen (secondary N) is 2. The number of carbonyl (C=O) groups is 5. The monoisotopic (exact) mass is 455 g/mol. The van der Waals surface area contributed by atoms with Crippen LogP contribution in [0.2, 0.25) is 0 Å².